The quantitative estimate of drug-likeness (QED) is 0.792. The molecule has 15 heavy (non-hydrogen) atoms. The fourth-order valence-electron chi connectivity index (χ4n) is 1.33. The molecule has 0 amide bonds. The van der Waals surface area contributed by atoms with Crippen LogP contribution in [0.2, 0.25) is 0 Å². The third-order valence-electron chi connectivity index (χ3n) is 1.88. The van der Waals surface area contributed by atoms with E-state index in [0.717, 1.165) is 21.3 Å². The van der Waals surface area contributed by atoms with Crippen molar-refractivity contribution in [2.75, 3.05) is 13.2 Å². The van der Waals surface area contributed by atoms with Crippen molar-refractivity contribution in [2.45, 2.75) is 0 Å². The number of thiophene rings is 1. The molecule has 1 aromatic rings. The molecule has 0 aromatic carbocycles. The molecule has 5 heteroatoms. The van der Waals surface area contributed by atoms with Crippen LogP contribution in [0.15, 0.2) is 9.97 Å². The van der Waals surface area contributed by atoms with Gasteiger partial charge in [0.15, 0.2) is 11.5 Å². The highest BCUT2D eigenvalue weighted by atomic mass is 79.9. The molecule has 0 unspecified atom stereocenters. The van der Waals surface area contributed by atoms with Gasteiger partial charge in [0.2, 0.25) is 0 Å². The summed E-state index contributed by atoms with van der Waals surface area (Å²) >= 11 is 8.17. The topological polar surface area (TPSA) is 18.5 Å². The van der Waals surface area contributed by atoms with Crippen LogP contribution in [0.3, 0.4) is 0 Å². The highest BCUT2D eigenvalue weighted by Crippen LogP contribution is 2.45. The monoisotopic (exact) mass is 350 g/mol. The molecule has 80 valence electrons. The van der Waals surface area contributed by atoms with Crippen molar-refractivity contribution in [2.24, 2.45) is 0 Å². The molecule has 2 nitrogen and oxygen atoms in total. The van der Waals surface area contributed by atoms with Crippen LogP contribution in [0.25, 0.3) is 12.2 Å². The van der Waals surface area contributed by atoms with Crippen LogP contribution in [-0.4, -0.2) is 13.2 Å². The van der Waals surface area contributed by atoms with Crippen molar-refractivity contribution in [1.29, 1.82) is 0 Å². The smallest absolute Gasteiger partial charge is 0.180 e. The van der Waals surface area contributed by atoms with Gasteiger partial charge >= 0.3 is 0 Å². The van der Waals surface area contributed by atoms with Gasteiger partial charge in [0, 0.05) is 0 Å². The molecule has 0 aliphatic carbocycles. The summed E-state index contributed by atoms with van der Waals surface area (Å²) in [5.41, 5.74) is 0. The predicted molar refractivity (Wildman–Crippen MR) is 71.2 cm³/mol. The van der Waals surface area contributed by atoms with Crippen molar-refractivity contribution >= 4 is 55.3 Å². The summed E-state index contributed by atoms with van der Waals surface area (Å²) < 4.78 is 11.2. The van der Waals surface area contributed by atoms with E-state index in [-0.39, 0.29) is 0 Å². The van der Waals surface area contributed by atoms with Gasteiger partial charge in [-0.1, -0.05) is 31.9 Å². The molecule has 0 fully saturated rings. The number of ether oxygens (including phenoxy) is 2. The SMILES string of the molecule is Br/C=C\c1sc(/C=C\Br)c2c1OCCO2. The molecule has 0 saturated heterocycles. The summed E-state index contributed by atoms with van der Waals surface area (Å²) in [6.45, 7) is 1.23. The van der Waals surface area contributed by atoms with Crippen molar-refractivity contribution in [1.82, 2.24) is 0 Å². The molecule has 2 rings (SSSR count). The lowest BCUT2D eigenvalue weighted by molar-refractivity contribution is 0.173. The maximum atomic E-state index is 5.60. The second-order valence-electron chi connectivity index (χ2n) is 2.77. The molecular weight excluding hydrogens is 344 g/mol. The number of hydrogen-bond acceptors (Lipinski definition) is 3. The van der Waals surface area contributed by atoms with E-state index in [4.69, 9.17) is 9.47 Å². The number of fused-ring (bicyclic) bond motifs is 1. The Balaban J connectivity index is 2.49. The van der Waals surface area contributed by atoms with Crippen LogP contribution in [0.4, 0.5) is 0 Å². The standard InChI is InChI=1S/C10H8Br2O2S/c11-3-1-7-9-10(14-6-5-13-9)8(15-7)2-4-12/h1-4H,5-6H2/b3-1-,4-2-. The first-order valence-electron chi connectivity index (χ1n) is 4.32. The van der Waals surface area contributed by atoms with Gasteiger partial charge in [-0.25, -0.2) is 0 Å². The predicted octanol–water partition coefficient (Wildman–Crippen LogP) is 4.25. The Bertz CT molecular complexity index is 373. The molecular formula is C10H8Br2O2S. The minimum absolute atomic E-state index is 0.615. The van der Waals surface area contributed by atoms with Crippen LogP contribution >= 0.6 is 43.2 Å². The largest absolute Gasteiger partial charge is 0.485 e. The normalized spacial score (nSPS) is 15.3. The third kappa shape index (κ3) is 2.29. The lowest BCUT2D eigenvalue weighted by atomic mass is 10.3. The van der Waals surface area contributed by atoms with Crippen LogP contribution in [0.1, 0.15) is 9.75 Å². The lowest BCUT2D eigenvalue weighted by Crippen LogP contribution is -2.14. The Kier molecular flexibility index (Phi) is 3.88. The summed E-state index contributed by atoms with van der Waals surface area (Å²) in [6, 6.07) is 0. The average molecular weight is 352 g/mol. The van der Waals surface area contributed by atoms with Gasteiger partial charge in [-0.3, -0.25) is 0 Å². The second kappa shape index (κ2) is 5.18. The zero-order chi connectivity index (χ0) is 10.7. The van der Waals surface area contributed by atoms with Gasteiger partial charge < -0.3 is 9.47 Å². The highest BCUT2D eigenvalue weighted by Gasteiger charge is 2.21. The van der Waals surface area contributed by atoms with Gasteiger partial charge in [-0.05, 0) is 22.1 Å². The average Bonchev–Trinajstić information content (AvgIpc) is 2.59. The molecule has 0 saturated carbocycles. The number of rotatable bonds is 2. The molecule has 1 aliphatic rings. The molecule has 1 aliphatic heterocycles. The van der Waals surface area contributed by atoms with E-state index in [0.29, 0.717) is 13.2 Å². The van der Waals surface area contributed by atoms with Gasteiger partial charge in [-0.15, -0.1) is 11.3 Å². The maximum Gasteiger partial charge on any atom is 0.180 e. The Labute approximate surface area is 109 Å². The molecule has 2 heterocycles. The van der Waals surface area contributed by atoms with E-state index in [1.165, 1.54) is 0 Å². The minimum Gasteiger partial charge on any atom is -0.485 e. The highest BCUT2D eigenvalue weighted by molar-refractivity contribution is 9.11. The van der Waals surface area contributed by atoms with Crippen LogP contribution in [-0.2, 0) is 0 Å². The first-order valence-corrected chi connectivity index (χ1v) is 6.97. The summed E-state index contributed by atoms with van der Waals surface area (Å²) in [7, 11) is 0. The summed E-state index contributed by atoms with van der Waals surface area (Å²) in [4.78, 5) is 5.78. The molecule has 0 atom stereocenters. The van der Waals surface area contributed by atoms with Crippen molar-refractivity contribution in [3.05, 3.63) is 19.7 Å². The van der Waals surface area contributed by atoms with E-state index in [9.17, 15) is 0 Å². The van der Waals surface area contributed by atoms with Crippen LogP contribution in [0, 0.1) is 0 Å². The first-order chi connectivity index (χ1) is 7.36. The van der Waals surface area contributed by atoms with Crippen LogP contribution < -0.4 is 9.47 Å². The van der Waals surface area contributed by atoms with E-state index in [2.05, 4.69) is 31.9 Å². The third-order valence-corrected chi connectivity index (χ3v) is 3.49. The summed E-state index contributed by atoms with van der Waals surface area (Å²) in [6.07, 6.45) is 3.92. The van der Waals surface area contributed by atoms with E-state index in [1.807, 2.05) is 22.1 Å². The molecule has 0 bridgehead atoms. The Hall–Kier alpha value is -0.260. The molecule has 0 N–H and O–H groups in total. The second-order valence-corrected chi connectivity index (χ2v) is 4.91. The molecule has 0 spiro atoms. The fraction of sp³-hybridized carbons (Fsp3) is 0.200. The number of hydrogen-bond donors (Lipinski definition) is 0. The van der Waals surface area contributed by atoms with E-state index < -0.39 is 0 Å². The Morgan fingerprint density at radius 2 is 1.40 bits per heavy atom. The Morgan fingerprint density at radius 1 is 0.933 bits per heavy atom. The van der Waals surface area contributed by atoms with Gasteiger partial charge in [0.1, 0.15) is 13.2 Å². The van der Waals surface area contributed by atoms with E-state index in [1.54, 1.807) is 11.3 Å². The van der Waals surface area contributed by atoms with Gasteiger partial charge in [0.25, 0.3) is 0 Å². The fourth-order valence-corrected chi connectivity index (χ4v) is 3.21. The van der Waals surface area contributed by atoms with Gasteiger partial charge in [-0.2, -0.15) is 0 Å². The van der Waals surface area contributed by atoms with E-state index >= 15 is 0 Å². The first kappa shape index (κ1) is 11.2. The zero-order valence-corrected chi connectivity index (χ0v) is 11.7. The summed E-state index contributed by atoms with van der Waals surface area (Å²) in [5.74, 6) is 1.70. The molecule has 1 aromatic heterocycles. The van der Waals surface area contributed by atoms with Crippen molar-refractivity contribution < 1.29 is 9.47 Å². The van der Waals surface area contributed by atoms with Gasteiger partial charge in [0.05, 0.1) is 9.75 Å². The van der Waals surface area contributed by atoms with Crippen LogP contribution in [0.5, 0.6) is 11.5 Å². The zero-order valence-electron chi connectivity index (χ0n) is 7.70. The Morgan fingerprint density at radius 3 is 1.80 bits per heavy atom. The number of halogens is 2. The van der Waals surface area contributed by atoms with Crippen molar-refractivity contribution in [3.63, 3.8) is 0 Å². The summed E-state index contributed by atoms with van der Waals surface area (Å²) in [5, 5.41) is 0. The van der Waals surface area contributed by atoms with Crippen molar-refractivity contribution in [3.8, 4) is 11.5 Å². The maximum absolute atomic E-state index is 5.60. The lowest BCUT2D eigenvalue weighted by Gasteiger charge is -2.16. The minimum atomic E-state index is 0.615. The molecule has 0 radical (unpaired) electrons.